The molecule has 0 N–H and O–H groups in total. The monoisotopic (exact) mass is 275 g/mol. The number of aromatic nitrogens is 1. The van der Waals surface area contributed by atoms with Crippen LogP contribution in [0.4, 0.5) is 0 Å². The van der Waals surface area contributed by atoms with Crippen LogP contribution in [0.15, 0.2) is 22.6 Å². The van der Waals surface area contributed by atoms with Gasteiger partial charge in [-0.25, -0.2) is 4.79 Å². The summed E-state index contributed by atoms with van der Waals surface area (Å²) in [6, 6.07) is 5.28. The maximum atomic E-state index is 11.3. The minimum Gasteiger partial charge on any atom is -0.463 e. The highest BCUT2D eigenvalue weighted by Gasteiger charge is 2.15. The van der Waals surface area contributed by atoms with Crippen LogP contribution in [-0.4, -0.2) is 23.9 Å². The lowest BCUT2D eigenvalue weighted by molar-refractivity contribution is 0.0562. The first-order chi connectivity index (χ1) is 9.60. The van der Waals surface area contributed by atoms with Crippen LogP contribution in [0, 0.1) is 6.92 Å². The summed E-state index contributed by atoms with van der Waals surface area (Å²) in [6.07, 6.45) is 1.66. The van der Waals surface area contributed by atoms with Gasteiger partial charge in [0.25, 0.3) is 0 Å². The van der Waals surface area contributed by atoms with Gasteiger partial charge in [-0.1, -0.05) is 6.92 Å². The Balaban J connectivity index is 2.30. The van der Waals surface area contributed by atoms with Crippen molar-refractivity contribution < 1.29 is 18.7 Å². The van der Waals surface area contributed by atoms with Crippen molar-refractivity contribution >= 4 is 12.3 Å². The zero-order valence-corrected chi connectivity index (χ0v) is 11.8. The van der Waals surface area contributed by atoms with E-state index in [0.29, 0.717) is 18.0 Å². The fourth-order valence-corrected chi connectivity index (χ4v) is 2.23. The topological polar surface area (TPSA) is 61.4 Å². The lowest BCUT2D eigenvalue weighted by atomic mass is 10.2. The molecule has 20 heavy (non-hydrogen) atoms. The van der Waals surface area contributed by atoms with Gasteiger partial charge in [0.1, 0.15) is 5.76 Å². The summed E-state index contributed by atoms with van der Waals surface area (Å²) in [4.78, 5) is 22.6. The lowest BCUT2D eigenvalue weighted by Gasteiger charge is -2.06. The molecular formula is C15H17NO4. The molecule has 2 aromatic rings. The second-order valence-corrected chi connectivity index (χ2v) is 4.51. The fraction of sp³-hybridized carbons (Fsp3) is 0.333. The molecular weight excluding hydrogens is 258 g/mol. The fourth-order valence-electron chi connectivity index (χ4n) is 2.23. The summed E-state index contributed by atoms with van der Waals surface area (Å²) in [5.41, 5.74) is 2.65. The summed E-state index contributed by atoms with van der Waals surface area (Å²) in [5.74, 6) is 0.260. The third-order valence-electron chi connectivity index (χ3n) is 3.28. The average Bonchev–Trinajstić information content (AvgIpc) is 3.04. The van der Waals surface area contributed by atoms with E-state index in [1.165, 1.54) is 7.11 Å². The van der Waals surface area contributed by atoms with Gasteiger partial charge in [-0.2, -0.15) is 0 Å². The Morgan fingerprint density at radius 1 is 1.45 bits per heavy atom. The minimum absolute atomic E-state index is 0.163. The van der Waals surface area contributed by atoms with E-state index in [-0.39, 0.29) is 5.76 Å². The van der Waals surface area contributed by atoms with Crippen LogP contribution in [0.1, 0.15) is 45.0 Å². The summed E-state index contributed by atoms with van der Waals surface area (Å²) >= 11 is 0. The highest BCUT2D eigenvalue weighted by molar-refractivity contribution is 5.86. The van der Waals surface area contributed by atoms with Gasteiger partial charge < -0.3 is 13.7 Å². The molecule has 0 aliphatic heterocycles. The number of rotatable bonds is 5. The largest absolute Gasteiger partial charge is 0.463 e. The number of hydrogen-bond acceptors (Lipinski definition) is 4. The molecule has 2 heterocycles. The Hall–Kier alpha value is -2.30. The predicted octanol–water partition coefficient (Wildman–Crippen LogP) is 2.60. The molecule has 0 atom stereocenters. The quantitative estimate of drug-likeness (QED) is 0.621. The molecule has 0 fully saturated rings. The Kier molecular flexibility index (Phi) is 4.08. The molecule has 0 saturated heterocycles. The van der Waals surface area contributed by atoms with E-state index in [2.05, 4.69) is 4.74 Å². The third-order valence-corrected chi connectivity index (χ3v) is 3.28. The molecule has 2 rings (SSSR count). The number of esters is 1. The summed E-state index contributed by atoms with van der Waals surface area (Å²) in [6.45, 7) is 4.36. The number of methoxy groups -OCH3 is 1. The van der Waals surface area contributed by atoms with Gasteiger partial charge in [0.2, 0.25) is 5.76 Å². The molecule has 0 aliphatic rings. The number of ether oxygens (including phenoxy) is 1. The Morgan fingerprint density at radius 3 is 2.80 bits per heavy atom. The van der Waals surface area contributed by atoms with E-state index < -0.39 is 5.97 Å². The van der Waals surface area contributed by atoms with Crippen molar-refractivity contribution in [2.75, 3.05) is 7.11 Å². The number of aryl methyl sites for hydroxylation is 2. The molecule has 0 spiro atoms. The van der Waals surface area contributed by atoms with Gasteiger partial charge in [0.05, 0.1) is 19.3 Å². The SMILES string of the molecule is CCc1cc(C)n(Cc2ccc(C(=O)OC)o2)c1C=O. The molecule has 0 bridgehead atoms. The summed E-state index contributed by atoms with van der Waals surface area (Å²) < 4.78 is 11.9. The lowest BCUT2D eigenvalue weighted by Crippen LogP contribution is -2.06. The van der Waals surface area contributed by atoms with Crippen molar-refractivity contribution in [1.82, 2.24) is 4.57 Å². The van der Waals surface area contributed by atoms with Gasteiger partial charge in [0, 0.05) is 5.69 Å². The van der Waals surface area contributed by atoms with Crippen molar-refractivity contribution in [2.24, 2.45) is 0 Å². The van der Waals surface area contributed by atoms with Crippen LogP contribution in [0.5, 0.6) is 0 Å². The van der Waals surface area contributed by atoms with Gasteiger partial charge >= 0.3 is 5.97 Å². The van der Waals surface area contributed by atoms with Crippen LogP contribution in [0.25, 0.3) is 0 Å². The van der Waals surface area contributed by atoms with Gasteiger partial charge in [-0.15, -0.1) is 0 Å². The molecule has 0 unspecified atom stereocenters. The maximum absolute atomic E-state index is 11.3. The molecule has 106 valence electrons. The van der Waals surface area contributed by atoms with Gasteiger partial charge in [0.15, 0.2) is 6.29 Å². The molecule has 5 heteroatoms. The molecule has 0 aromatic carbocycles. The van der Waals surface area contributed by atoms with E-state index in [0.717, 1.165) is 24.0 Å². The first kappa shape index (κ1) is 14.1. The number of carbonyl (C=O) groups is 2. The molecule has 0 saturated carbocycles. The van der Waals surface area contributed by atoms with Crippen molar-refractivity contribution in [1.29, 1.82) is 0 Å². The van der Waals surface area contributed by atoms with Crippen molar-refractivity contribution in [2.45, 2.75) is 26.8 Å². The average molecular weight is 275 g/mol. The molecule has 0 aliphatic carbocycles. The zero-order valence-electron chi connectivity index (χ0n) is 11.8. The van der Waals surface area contributed by atoms with Crippen LogP contribution in [0.2, 0.25) is 0 Å². The number of hydrogen-bond donors (Lipinski definition) is 0. The normalized spacial score (nSPS) is 10.6. The van der Waals surface area contributed by atoms with Crippen LogP contribution in [0.3, 0.4) is 0 Å². The Labute approximate surface area is 117 Å². The van der Waals surface area contributed by atoms with E-state index in [1.807, 2.05) is 24.5 Å². The van der Waals surface area contributed by atoms with E-state index in [4.69, 9.17) is 4.42 Å². The van der Waals surface area contributed by atoms with E-state index in [1.54, 1.807) is 12.1 Å². The molecule has 0 radical (unpaired) electrons. The molecule has 2 aromatic heterocycles. The smallest absolute Gasteiger partial charge is 0.373 e. The third kappa shape index (κ3) is 2.52. The number of nitrogens with zero attached hydrogens (tertiary/aromatic N) is 1. The minimum atomic E-state index is -0.509. The second-order valence-electron chi connectivity index (χ2n) is 4.51. The second kappa shape index (κ2) is 5.77. The van der Waals surface area contributed by atoms with Crippen molar-refractivity contribution in [3.8, 4) is 0 Å². The van der Waals surface area contributed by atoms with Gasteiger partial charge in [-0.05, 0) is 37.1 Å². The van der Waals surface area contributed by atoms with Gasteiger partial charge in [-0.3, -0.25) is 4.79 Å². The highest BCUT2D eigenvalue weighted by atomic mass is 16.5. The summed E-state index contributed by atoms with van der Waals surface area (Å²) in [7, 11) is 1.30. The molecule has 5 nitrogen and oxygen atoms in total. The van der Waals surface area contributed by atoms with Crippen LogP contribution < -0.4 is 0 Å². The number of carbonyl (C=O) groups excluding carboxylic acids is 2. The first-order valence-corrected chi connectivity index (χ1v) is 6.41. The number of furan rings is 1. The zero-order chi connectivity index (χ0) is 14.7. The first-order valence-electron chi connectivity index (χ1n) is 6.41. The van der Waals surface area contributed by atoms with Crippen LogP contribution >= 0.6 is 0 Å². The van der Waals surface area contributed by atoms with E-state index in [9.17, 15) is 9.59 Å². The Bertz CT molecular complexity index is 636. The standard InChI is InChI=1S/C15H17NO4/c1-4-11-7-10(2)16(13(11)9-17)8-12-5-6-14(20-12)15(18)19-3/h5-7,9H,4,8H2,1-3H3. The number of aldehydes is 1. The summed E-state index contributed by atoms with van der Waals surface area (Å²) in [5, 5.41) is 0. The van der Waals surface area contributed by atoms with Crippen molar-refractivity contribution in [3.05, 3.63) is 46.7 Å². The predicted molar refractivity (Wildman–Crippen MR) is 73.1 cm³/mol. The highest BCUT2D eigenvalue weighted by Crippen LogP contribution is 2.18. The molecule has 0 amide bonds. The maximum Gasteiger partial charge on any atom is 0.373 e. The van der Waals surface area contributed by atoms with Crippen LogP contribution in [-0.2, 0) is 17.7 Å². The van der Waals surface area contributed by atoms with E-state index >= 15 is 0 Å². The Morgan fingerprint density at radius 2 is 2.20 bits per heavy atom. The van der Waals surface area contributed by atoms with Crippen molar-refractivity contribution in [3.63, 3.8) is 0 Å².